The van der Waals surface area contributed by atoms with Crippen molar-refractivity contribution in [3.8, 4) is 0 Å². The Labute approximate surface area is 201 Å². The summed E-state index contributed by atoms with van der Waals surface area (Å²) in [5.41, 5.74) is 3.66. The van der Waals surface area contributed by atoms with Crippen LogP contribution in [0.3, 0.4) is 0 Å². The molecule has 5 rings (SSSR count). The summed E-state index contributed by atoms with van der Waals surface area (Å²) in [6.07, 6.45) is 3.77. The number of hydrogen-bond acceptors (Lipinski definition) is 7. The molecular weight excluding hydrogens is 434 g/mol. The van der Waals surface area contributed by atoms with Crippen molar-refractivity contribution >= 4 is 23.1 Å². The van der Waals surface area contributed by atoms with E-state index in [9.17, 15) is 4.79 Å². The molecule has 2 aromatic rings. The lowest BCUT2D eigenvalue weighted by Gasteiger charge is -2.32. The zero-order valence-electron chi connectivity index (χ0n) is 20.2. The van der Waals surface area contributed by atoms with Gasteiger partial charge >= 0.3 is 0 Å². The summed E-state index contributed by atoms with van der Waals surface area (Å²) in [5, 5.41) is 11.5. The summed E-state index contributed by atoms with van der Waals surface area (Å²) in [5.74, 6) is 0.775. The summed E-state index contributed by atoms with van der Waals surface area (Å²) in [7, 11) is 0. The van der Waals surface area contributed by atoms with Crippen LogP contribution in [-0.4, -0.2) is 54.1 Å². The monoisotopic (exact) mass is 469 g/mol. The van der Waals surface area contributed by atoms with Crippen LogP contribution in [0.15, 0.2) is 36.5 Å². The summed E-state index contributed by atoms with van der Waals surface area (Å²) in [6, 6.07) is 9.99. The molecule has 8 heteroatoms. The number of anilines is 3. The standard InChI is InChI=1S/C23H27N3O4.C3H8O/c1-15-21(30-12-11-28-15)16-7-8-18-19(13-16)26(23(27)20-6-2-3-10-29-20)14-17-5-4-9-24-22(17)25-18;1-3(2)4/h4-5,7-9,13,15,20-21H,2-3,6,10-12,14H2,1H3,(H,24,25);3-4H,1-2H3/t15?,20-,21?;/m1./s1. The molecule has 0 spiro atoms. The fraction of sp³-hybridized carbons (Fsp3) is 0.538. The van der Waals surface area contributed by atoms with Gasteiger partial charge in [0.05, 0.1) is 37.2 Å². The maximum absolute atomic E-state index is 13.5. The number of carbonyl (C=O) groups excluding carboxylic acids is 1. The van der Waals surface area contributed by atoms with Gasteiger partial charge < -0.3 is 29.5 Å². The minimum atomic E-state index is -0.401. The Kier molecular flexibility index (Phi) is 8.15. The molecule has 1 aromatic heterocycles. The Hall–Kier alpha value is -2.52. The van der Waals surface area contributed by atoms with Gasteiger partial charge in [0.15, 0.2) is 0 Å². The number of benzene rings is 1. The van der Waals surface area contributed by atoms with Gasteiger partial charge in [0.2, 0.25) is 0 Å². The molecule has 0 aliphatic carbocycles. The molecule has 1 amide bonds. The van der Waals surface area contributed by atoms with Crippen LogP contribution in [0.1, 0.15) is 57.3 Å². The SMILES string of the molecule is CC(C)O.CC1OCCOC1c1ccc2c(c1)N(C(=O)[C@H]1CCCCO1)Cc1cccnc1N2. The molecule has 2 fully saturated rings. The Bertz CT molecular complexity index is 974. The highest BCUT2D eigenvalue weighted by Crippen LogP contribution is 2.39. The molecule has 34 heavy (non-hydrogen) atoms. The highest BCUT2D eigenvalue weighted by Gasteiger charge is 2.33. The van der Waals surface area contributed by atoms with Crippen LogP contribution in [0.2, 0.25) is 0 Å². The summed E-state index contributed by atoms with van der Waals surface area (Å²) >= 11 is 0. The quantitative estimate of drug-likeness (QED) is 0.684. The van der Waals surface area contributed by atoms with Gasteiger partial charge in [-0.1, -0.05) is 12.1 Å². The molecule has 1 aromatic carbocycles. The molecule has 3 atom stereocenters. The van der Waals surface area contributed by atoms with E-state index in [0.717, 1.165) is 47.6 Å². The van der Waals surface area contributed by atoms with Crippen molar-refractivity contribution in [2.45, 2.75) is 71.0 Å². The average molecular weight is 470 g/mol. The van der Waals surface area contributed by atoms with Gasteiger partial charge in [-0.3, -0.25) is 4.79 Å². The van der Waals surface area contributed by atoms with E-state index in [0.29, 0.717) is 26.4 Å². The molecule has 4 heterocycles. The molecule has 2 saturated heterocycles. The summed E-state index contributed by atoms with van der Waals surface area (Å²) in [6.45, 7) is 7.72. The van der Waals surface area contributed by atoms with Crippen molar-refractivity contribution in [1.82, 2.24) is 4.98 Å². The topological polar surface area (TPSA) is 93.2 Å². The smallest absolute Gasteiger partial charge is 0.256 e. The van der Waals surface area contributed by atoms with Crippen molar-refractivity contribution in [3.05, 3.63) is 47.7 Å². The van der Waals surface area contributed by atoms with Gasteiger partial charge in [-0.2, -0.15) is 0 Å². The zero-order valence-corrected chi connectivity index (χ0v) is 20.2. The lowest BCUT2D eigenvalue weighted by Crippen LogP contribution is -2.41. The van der Waals surface area contributed by atoms with E-state index in [1.54, 1.807) is 20.0 Å². The minimum absolute atomic E-state index is 0.000430. The van der Waals surface area contributed by atoms with Crippen molar-refractivity contribution in [3.63, 3.8) is 0 Å². The fourth-order valence-corrected chi connectivity index (χ4v) is 4.42. The van der Waals surface area contributed by atoms with Gasteiger partial charge in [-0.15, -0.1) is 0 Å². The molecule has 2 unspecified atom stereocenters. The zero-order chi connectivity index (χ0) is 24.1. The third-order valence-electron chi connectivity index (χ3n) is 6.02. The first-order chi connectivity index (χ1) is 16.4. The van der Waals surface area contributed by atoms with Crippen LogP contribution in [0.25, 0.3) is 0 Å². The number of carbonyl (C=O) groups is 1. The van der Waals surface area contributed by atoms with Crippen molar-refractivity contribution in [1.29, 1.82) is 0 Å². The molecule has 0 bridgehead atoms. The molecule has 3 aliphatic heterocycles. The van der Waals surface area contributed by atoms with E-state index in [-0.39, 0.29) is 24.2 Å². The number of ether oxygens (including phenoxy) is 3. The van der Waals surface area contributed by atoms with E-state index < -0.39 is 6.10 Å². The van der Waals surface area contributed by atoms with E-state index in [1.165, 1.54) is 0 Å². The number of aromatic nitrogens is 1. The van der Waals surface area contributed by atoms with Crippen LogP contribution in [0.4, 0.5) is 17.2 Å². The van der Waals surface area contributed by atoms with Crippen LogP contribution < -0.4 is 10.2 Å². The third kappa shape index (κ3) is 5.75. The number of aliphatic hydroxyl groups excluding tert-OH is 1. The number of nitrogens with zero attached hydrogens (tertiary/aromatic N) is 2. The first kappa shape index (κ1) is 24.6. The second kappa shape index (κ2) is 11.3. The Morgan fingerprint density at radius 3 is 2.68 bits per heavy atom. The molecular formula is C26H35N3O5. The van der Waals surface area contributed by atoms with Crippen LogP contribution in [-0.2, 0) is 25.5 Å². The van der Waals surface area contributed by atoms with E-state index in [2.05, 4.69) is 10.3 Å². The molecule has 2 N–H and O–H groups in total. The Morgan fingerprint density at radius 2 is 1.94 bits per heavy atom. The first-order valence-electron chi connectivity index (χ1n) is 12.1. The average Bonchev–Trinajstić information content (AvgIpc) is 3.00. The van der Waals surface area contributed by atoms with Crippen LogP contribution in [0.5, 0.6) is 0 Å². The van der Waals surface area contributed by atoms with E-state index in [1.807, 2.05) is 42.2 Å². The Balaban J connectivity index is 0.000000636. The fourth-order valence-electron chi connectivity index (χ4n) is 4.42. The van der Waals surface area contributed by atoms with Crippen molar-refractivity contribution < 1.29 is 24.1 Å². The predicted octanol–water partition coefficient (Wildman–Crippen LogP) is 4.10. The van der Waals surface area contributed by atoms with E-state index in [4.69, 9.17) is 19.3 Å². The van der Waals surface area contributed by atoms with E-state index >= 15 is 0 Å². The van der Waals surface area contributed by atoms with Crippen molar-refractivity contribution in [2.75, 3.05) is 30.0 Å². The minimum Gasteiger partial charge on any atom is -0.394 e. The lowest BCUT2D eigenvalue weighted by molar-refractivity contribution is -0.135. The van der Waals surface area contributed by atoms with Gasteiger partial charge in [-0.05, 0) is 63.8 Å². The highest BCUT2D eigenvalue weighted by molar-refractivity contribution is 6.00. The maximum Gasteiger partial charge on any atom is 0.256 e. The summed E-state index contributed by atoms with van der Waals surface area (Å²) < 4.78 is 17.6. The predicted molar refractivity (Wildman–Crippen MR) is 130 cm³/mol. The largest absolute Gasteiger partial charge is 0.394 e. The van der Waals surface area contributed by atoms with Gasteiger partial charge in [0.25, 0.3) is 5.91 Å². The normalized spacial score (nSPS) is 24.1. The molecule has 3 aliphatic rings. The van der Waals surface area contributed by atoms with Crippen LogP contribution >= 0.6 is 0 Å². The number of rotatable bonds is 2. The molecule has 0 radical (unpaired) electrons. The molecule has 0 saturated carbocycles. The number of aliphatic hydroxyl groups is 1. The van der Waals surface area contributed by atoms with Gasteiger partial charge in [-0.25, -0.2) is 4.98 Å². The number of fused-ring (bicyclic) bond motifs is 2. The van der Waals surface area contributed by atoms with Gasteiger partial charge in [0.1, 0.15) is 18.0 Å². The Morgan fingerprint density at radius 1 is 1.15 bits per heavy atom. The van der Waals surface area contributed by atoms with Crippen LogP contribution in [0, 0.1) is 0 Å². The first-order valence-corrected chi connectivity index (χ1v) is 12.1. The summed E-state index contributed by atoms with van der Waals surface area (Å²) in [4.78, 5) is 19.8. The molecule has 184 valence electrons. The van der Waals surface area contributed by atoms with Crippen molar-refractivity contribution in [2.24, 2.45) is 0 Å². The maximum atomic E-state index is 13.5. The second-order valence-corrected chi connectivity index (χ2v) is 9.15. The van der Waals surface area contributed by atoms with Gasteiger partial charge in [0, 0.05) is 24.5 Å². The number of amides is 1. The second-order valence-electron chi connectivity index (χ2n) is 9.15. The highest BCUT2D eigenvalue weighted by atomic mass is 16.6. The number of pyridine rings is 1. The lowest BCUT2D eigenvalue weighted by atomic mass is 10.0. The number of hydrogen-bond donors (Lipinski definition) is 2. The third-order valence-corrected chi connectivity index (χ3v) is 6.02. The number of nitrogens with one attached hydrogen (secondary N) is 1. The molecule has 8 nitrogen and oxygen atoms in total.